The maximum atomic E-state index is 4.39. The van der Waals surface area contributed by atoms with Gasteiger partial charge in [0.25, 0.3) is 0 Å². The van der Waals surface area contributed by atoms with Crippen LogP contribution in [-0.4, -0.2) is 42.0 Å². The summed E-state index contributed by atoms with van der Waals surface area (Å²) in [5.41, 5.74) is 0.814. The van der Waals surface area contributed by atoms with Gasteiger partial charge in [0.1, 0.15) is 24.3 Å². The molecule has 2 aliphatic heterocycles. The van der Waals surface area contributed by atoms with Gasteiger partial charge in [0, 0.05) is 7.05 Å². The zero-order chi connectivity index (χ0) is 8.77. The fourth-order valence-corrected chi connectivity index (χ4v) is 1.41. The van der Waals surface area contributed by atoms with Gasteiger partial charge in [-0.25, -0.2) is 4.99 Å². The van der Waals surface area contributed by atoms with E-state index in [9.17, 15) is 0 Å². The van der Waals surface area contributed by atoms with Crippen molar-refractivity contribution in [3.05, 3.63) is 0 Å². The summed E-state index contributed by atoms with van der Waals surface area (Å²) >= 11 is 0. The van der Waals surface area contributed by atoms with Crippen molar-refractivity contribution in [1.29, 1.82) is 0 Å². The first kappa shape index (κ1) is 7.46. The Morgan fingerprint density at radius 1 is 1.50 bits per heavy atom. The van der Waals surface area contributed by atoms with E-state index in [2.05, 4.69) is 28.8 Å². The number of rotatable bonds is 0. The second-order valence-electron chi connectivity index (χ2n) is 3.60. The van der Waals surface area contributed by atoms with Crippen molar-refractivity contribution in [2.75, 3.05) is 13.7 Å². The second kappa shape index (κ2) is 2.15. The molecule has 0 fully saturated rings. The Kier molecular flexibility index (Phi) is 1.34. The molecule has 0 saturated carbocycles. The molecule has 64 valence electrons. The highest BCUT2D eigenvalue weighted by molar-refractivity contribution is 6.47. The lowest BCUT2D eigenvalue weighted by Gasteiger charge is -2.24. The molecular formula is C8H12N4. The van der Waals surface area contributed by atoms with Crippen molar-refractivity contribution in [3.63, 3.8) is 0 Å². The molecule has 0 saturated heterocycles. The fraction of sp³-hybridized carbons (Fsp3) is 0.625. The van der Waals surface area contributed by atoms with Crippen LogP contribution in [0.2, 0.25) is 0 Å². The Morgan fingerprint density at radius 2 is 2.25 bits per heavy atom. The summed E-state index contributed by atoms with van der Waals surface area (Å²) in [6.45, 7) is 4.81. The third-order valence-corrected chi connectivity index (χ3v) is 2.15. The molecule has 0 aromatic rings. The number of hydrogen-bond donors (Lipinski definition) is 0. The molecule has 0 spiro atoms. The maximum absolute atomic E-state index is 4.39. The van der Waals surface area contributed by atoms with E-state index in [0.29, 0.717) is 6.67 Å². The first-order valence-corrected chi connectivity index (χ1v) is 3.99. The van der Waals surface area contributed by atoms with E-state index in [1.807, 2.05) is 11.9 Å². The van der Waals surface area contributed by atoms with Gasteiger partial charge in [-0.05, 0) is 13.8 Å². The summed E-state index contributed by atoms with van der Waals surface area (Å²) in [5, 5.41) is 0. The average Bonchev–Trinajstić information content (AvgIpc) is 2.33. The van der Waals surface area contributed by atoms with Gasteiger partial charge in [-0.3, -0.25) is 9.98 Å². The molecule has 4 nitrogen and oxygen atoms in total. The molecule has 12 heavy (non-hydrogen) atoms. The Hall–Kier alpha value is -1.19. The predicted octanol–water partition coefficient (Wildman–Crippen LogP) is 0.549. The van der Waals surface area contributed by atoms with Crippen molar-refractivity contribution in [1.82, 2.24) is 4.90 Å². The number of amidine groups is 1. The highest BCUT2D eigenvalue weighted by Crippen LogP contribution is 2.20. The van der Waals surface area contributed by atoms with E-state index >= 15 is 0 Å². The van der Waals surface area contributed by atoms with Gasteiger partial charge in [-0.15, -0.1) is 0 Å². The molecular weight excluding hydrogens is 152 g/mol. The molecule has 0 amide bonds. The first-order chi connectivity index (χ1) is 5.61. The second-order valence-corrected chi connectivity index (χ2v) is 3.60. The Labute approximate surface area is 71.7 Å². The molecule has 0 aliphatic carbocycles. The van der Waals surface area contributed by atoms with Crippen LogP contribution in [0.4, 0.5) is 0 Å². The van der Waals surface area contributed by atoms with Crippen LogP contribution in [0.3, 0.4) is 0 Å². The minimum atomic E-state index is -0.193. The van der Waals surface area contributed by atoms with Gasteiger partial charge >= 0.3 is 0 Å². The zero-order valence-corrected chi connectivity index (χ0v) is 7.57. The van der Waals surface area contributed by atoms with Crippen LogP contribution in [0.15, 0.2) is 15.0 Å². The molecule has 0 aromatic carbocycles. The summed E-state index contributed by atoms with van der Waals surface area (Å²) in [5.74, 6) is 0.968. The highest BCUT2D eigenvalue weighted by atomic mass is 15.3. The van der Waals surface area contributed by atoms with Crippen LogP contribution in [0.1, 0.15) is 13.8 Å². The third kappa shape index (κ3) is 0.873. The number of hydrogen-bond acceptors (Lipinski definition) is 4. The summed E-state index contributed by atoms with van der Waals surface area (Å²) in [7, 11) is 1.99. The van der Waals surface area contributed by atoms with Crippen LogP contribution in [-0.2, 0) is 0 Å². The molecule has 4 heteroatoms. The van der Waals surface area contributed by atoms with E-state index in [4.69, 9.17) is 0 Å². The van der Waals surface area contributed by atoms with Crippen LogP contribution < -0.4 is 0 Å². The van der Waals surface area contributed by atoms with Crippen LogP contribution in [0, 0.1) is 0 Å². The van der Waals surface area contributed by atoms with Crippen LogP contribution in [0.5, 0.6) is 0 Å². The number of aliphatic imine (C=N–C) groups is 3. The topological polar surface area (TPSA) is 40.3 Å². The van der Waals surface area contributed by atoms with Gasteiger partial charge in [0.05, 0.1) is 0 Å². The van der Waals surface area contributed by atoms with Crippen molar-refractivity contribution >= 4 is 17.9 Å². The lowest BCUT2D eigenvalue weighted by Crippen LogP contribution is -2.41. The van der Waals surface area contributed by atoms with Crippen molar-refractivity contribution in [2.45, 2.75) is 19.4 Å². The van der Waals surface area contributed by atoms with Crippen LogP contribution in [0.25, 0.3) is 0 Å². The zero-order valence-electron chi connectivity index (χ0n) is 7.57. The molecule has 0 atom stereocenters. The van der Waals surface area contributed by atoms with Gasteiger partial charge < -0.3 is 4.90 Å². The maximum Gasteiger partial charge on any atom is 0.155 e. The summed E-state index contributed by atoms with van der Waals surface area (Å²) in [4.78, 5) is 14.9. The fourth-order valence-electron chi connectivity index (χ4n) is 1.41. The lowest BCUT2D eigenvalue weighted by molar-refractivity contribution is 0.548. The molecule has 2 heterocycles. The molecule has 0 N–H and O–H groups in total. The normalized spacial score (nSPS) is 25.1. The summed E-state index contributed by atoms with van der Waals surface area (Å²) in [6.07, 6.45) is 1.62. The Bertz CT molecular complexity index is 298. The van der Waals surface area contributed by atoms with Crippen molar-refractivity contribution < 1.29 is 0 Å². The van der Waals surface area contributed by atoms with E-state index in [1.54, 1.807) is 6.34 Å². The van der Waals surface area contributed by atoms with Crippen molar-refractivity contribution in [3.8, 4) is 0 Å². The van der Waals surface area contributed by atoms with E-state index in [0.717, 1.165) is 11.5 Å². The number of nitrogens with zero attached hydrogens (tertiary/aromatic N) is 4. The van der Waals surface area contributed by atoms with Gasteiger partial charge in [-0.1, -0.05) is 0 Å². The molecule has 2 aliphatic rings. The predicted molar refractivity (Wildman–Crippen MR) is 50.1 cm³/mol. The molecule has 2 rings (SSSR count). The molecule has 0 unspecified atom stereocenters. The largest absolute Gasteiger partial charge is 0.339 e. The first-order valence-electron chi connectivity index (χ1n) is 3.99. The quantitative estimate of drug-likeness (QED) is 0.515. The highest BCUT2D eigenvalue weighted by Gasteiger charge is 2.35. The summed E-state index contributed by atoms with van der Waals surface area (Å²) < 4.78 is 0. The van der Waals surface area contributed by atoms with E-state index < -0.39 is 0 Å². The standard InChI is InChI=1S/C8H12N4/c1-8(2)6-7(9-4-11-8)12(3)5-10-6/h4H,5H2,1-3H3. The smallest absolute Gasteiger partial charge is 0.155 e. The van der Waals surface area contributed by atoms with E-state index in [-0.39, 0.29) is 5.54 Å². The monoisotopic (exact) mass is 164 g/mol. The molecule has 0 radical (unpaired) electrons. The third-order valence-electron chi connectivity index (χ3n) is 2.15. The average molecular weight is 164 g/mol. The summed E-state index contributed by atoms with van der Waals surface area (Å²) in [6, 6.07) is 0. The molecule has 0 aromatic heterocycles. The van der Waals surface area contributed by atoms with Crippen LogP contribution >= 0.6 is 0 Å². The molecule has 0 bridgehead atoms. The van der Waals surface area contributed by atoms with Gasteiger partial charge in [-0.2, -0.15) is 0 Å². The Balaban J connectivity index is 2.45. The SMILES string of the molecule is CN1CN=C2C1=NC=NC2(C)C. The van der Waals surface area contributed by atoms with Gasteiger partial charge in [0.2, 0.25) is 0 Å². The Morgan fingerprint density at radius 3 is 2.92 bits per heavy atom. The minimum absolute atomic E-state index is 0.193. The van der Waals surface area contributed by atoms with Gasteiger partial charge in [0.15, 0.2) is 5.84 Å². The van der Waals surface area contributed by atoms with E-state index in [1.165, 1.54) is 0 Å². The number of fused-ring (bicyclic) bond motifs is 1. The minimum Gasteiger partial charge on any atom is -0.339 e. The lowest BCUT2D eigenvalue weighted by atomic mass is 9.97. The van der Waals surface area contributed by atoms with Crippen molar-refractivity contribution in [2.24, 2.45) is 15.0 Å².